The third-order valence-corrected chi connectivity index (χ3v) is 2.72. The Labute approximate surface area is 94.9 Å². The van der Waals surface area contributed by atoms with Gasteiger partial charge in [-0.3, -0.25) is 0 Å². The molecule has 0 fully saturated rings. The van der Waals surface area contributed by atoms with Gasteiger partial charge in [-0.05, 0) is 23.8 Å². The van der Waals surface area contributed by atoms with Crippen LogP contribution in [0.1, 0.15) is 18.1 Å². The lowest BCUT2D eigenvalue weighted by Gasteiger charge is -2.12. The molecule has 0 saturated carbocycles. The number of benzene rings is 1. The molecule has 0 bridgehead atoms. The Morgan fingerprint density at radius 2 is 2.00 bits per heavy atom. The molecule has 1 radical (unpaired) electrons. The van der Waals surface area contributed by atoms with Gasteiger partial charge < -0.3 is 0 Å². The first kappa shape index (κ1) is 12.3. The van der Waals surface area contributed by atoms with Crippen LogP contribution in [0.3, 0.4) is 0 Å². The van der Waals surface area contributed by atoms with E-state index in [1.54, 1.807) is 6.92 Å². The molecular weight excluding hydrogens is 269 g/mol. The van der Waals surface area contributed by atoms with Gasteiger partial charge in [-0.25, -0.2) is 0 Å². The molecule has 1 rings (SSSR count). The van der Waals surface area contributed by atoms with Crippen molar-refractivity contribution < 1.29 is 13.2 Å². The Kier molecular flexibility index (Phi) is 3.60. The molecule has 0 nitrogen and oxygen atoms in total. The maximum atomic E-state index is 12.4. The Morgan fingerprint density at radius 1 is 1.40 bits per heavy atom. The highest BCUT2D eigenvalue weighted by Gasteiger charge is 2.31. The summed E-state index contributed by atoms with van der Waals surface area (Å²) in [7, 11) is 0. The van der Waals surface area contributed by atoms with Gasteiger partial charge in [-0.15, -0.1) is 6.58 Å². The summed E-state index contributed by atoms with van der Waals surface area (Å²) in [6.45, 7) is 5.25. The van der Waals surface area contributed by atoms with E-state index in [1.165, 1.54) is 12.1 Å². The third-order valence-electron chi connectivity index (χ3n) is 2.02. The monoisotopic (exact) mass is 277 g/mol. The van der Waals surface area contributed by atoms with E-state index in [0.29, 0.717) is 16.0 Å². The zero-order chi connectivity index (χ0) is 11.6. The molecule has 1 aromatic carbocycles. The minimum absolute atomic E-state index is 0.514. The number of rotatable bonds is 2. The van der Waals surface area contributed by atoms with E-state index in [4.69, 9.17) is 0 Å². The Balaban J connectivity index is 3.22. The van der Waals surface area contributed by atoms with E-state index in [-0.39, 0.29) is 0 Å². The highest BCUT2D eigenvalue weighted by molar-refractivity contribution is 9.10. The van der Waals surface area contributed by atoms with Crippen molar-refractivity contribution in [3.63, 3.8) is 0 Å². The van der Waals surface area contributed by atoms with Gasteiger partial charge in [0.1, 0.15) is 0 Å². The molecule has 0 saturated heterocycles. The second kappa shape index (κ2) is 4.39. The van der Waals surface area contributed by atoms with Crippen molar-refractivity contribution in [1.29, 1.82) is 0 Å². The number of hydrogen-bond donors (Lipinski definition) is 0. The molecule has 0 heterocycles. The average molecular weight is 278 g/mol. The molecule has 15 heavy (non-hydrogen) atoms. The van der Waals surface area contributed by atoms with Crippen molar-refractivity contribution in [3.05, 3.63) is 52.4 Å². The van der Waals surface area contributed by atoms with Crippen molar-refractivity contribution in [2.75, 3.05) is 0 Å². The molecule has 0 N–H and O–H groups in total. The van der Waals surface area contributed by atoms with Crippen LogP contribution in [0.4, 0.5) is 13.2 Å². The van der Waals surface area contributed by atoms with E-state index in [1.807, 2.05) is 0 Å². The van der Waals surface area contributed by atoms with Crippen LogP contribution in [-0.4, -0.2) is 0 Å². The zero-order valence-corrected chi connectivity index (χ0v) is 9.61. The van der Waals surface area contributed by atoms with Crippen LogP contribution in [-0.2, 0) is 6.18 Å². The van der Waals surface area contributed by atoms with Crippen molar-refractivity contribution in [2.45, 2.75) is 13.1 Å². The summed E-state index contributed by atoms with van der Waals surface area (Å²) in [4.78, 5) is 0. The predicted octanol–water partition coefficient (Wildman–Crippen LogP) is 4.60. The fourth-order valence-electron chi connectivity index (χ4n) is 1.11. The van der Waals surface area contributed by atoms with E-state index in [2.05, 4.69) is 22.5 Å². The van der Waals surface area contributed by atoms with Crippen molar-refractivity contribution in [1.82, 2.24) is 0 Å². The number of allylic oxidation sites excluding steroid dienone is 1. The maximum absolute atomic E-state index is 12.4. The molecule has 0 aromatic heterocycles. The molecule has 1 aromatic rings. The highest BCUT2D eigenvalue weighted by atomic mass is 79.9. The van der Waals surface area contributed by atoms with Gasteiger partial charge in [0.15, 0.2) is 0 Å². The topological polar surface area (TPSA) is 0 Å². The van der Waals surface area contributed by atoms with Crippen LogP contribution < -0.4 is 0 Å². The normalized spacial score (nSPS) is 11.9. The molecule has 0 aliphatic rings. The Bertz CT molecular complexity index is 369. The second-order valence-corrected chi connectivity index (χ2v) is 3.93. The van der Waals surface area contributed by atoms with Crippen LogP contribution in [0.15, 0.2) is 35.3 Å². The smallest absolute Gasteiger partial charge is 0.166 e. The summed E-state index contributed by atoms with van der Waals surface area (Å²) in [6, 6.07) is 3.55. The molecule has 0 unspecified atom stereocenters. The fourth-order valence-corrected chi connectivity index (χ4v) is 1.67. The SMILES string of the molecule is C=C[C](C)c1cc(C(F)(F)F)ccc1Br. The minimum Gasteiger partial charge on any atom is -0.166 e. The summed E-state index contributed by atoms with van der Waals surface area (Å²) >= 11 is 3.20. The lowest BCUT2D eigenvalue weighted by Crippen LogP contribution is -2.06. The predicted molar refractivity (Wildman–Crippen MR) is 57.4 cm³/mol. The van der Waals surface area contributed by atoms with Crippen LogP contribution >= 0.6 is 15.9 Å². The second-order valence-electron chi connectivity index (χ2n) is 3.08. The molecule has 0 spiro atoms. The minimum atomic E-state index is -4.31. The van der Waals surface area contributed by atoms with Gasteiger partial charge >= 0.3 is 6.18 Å². The Morgan fingerprint density at radius 3 is 2.47 bits per heavy atom. The summed E-state index contributed by atoms with van der Waals surface area (Å²) < 4.78 is 37.9. The zero-order valence-electron chi connectivity index (χ0n) is 8.03. The number of alkyl halides is 3. The van der Waals surface area contributed by atoms with E-state index < -0.39 is 11.7 Å². The fraction of sp³-hybridized carbons (Fsp3) is 0.182. The Hall–Kier alpha value is -0.770. The molecule has 0 aliphatic heterocycles. The molecule has 81 valence electrons. The quantitative estimate of drug-likeness (QED) is 0.741. The first-order valence-corrected chi connectivity index (χ1v) is 4.98. The maximum Gasteiger partial charge on any atom is 0.416 e. The van der Waals surface area contributed by atoms with Crippen LogP contribution in [0.5, 0.6) is 0 Å². The van der Waals surface area contributed by atoms with Crippen LogP contribution in [0.25, 0.3) is 0 Å². The van der Waals surface area contributed by atoms with Crippen molar-refractivity contribution in [2.24, 2.45) is 0 Å². The van der Waals surface area contributed by atoms with E-state index in [9.17, 15) is 13.2 Å². The first-order chi connectivity index (χ1) is 6.86. The summed E-state index contributed by atoms with van der Waals surface area (Å²) in [5, 5.41) is 0. The van der Waals surface area contributed by atoms with Gasteiger partial charge in [0.2, 0.25) is 0 Å². The number of halogens is 4. The van der Waals surface area contributed by atoms with E-state index in [0.717, 1.165) is 12.1 Å². The molecule has 0 atom stereocenters. The molecule has 4 heteroatoms. The molecular formula is C11H9BrF3. The number of hydrogen-bond acceptors (Lipinski definition) is 0. The summed E-state index contributed by atoms with van der Waals surface area (Å²) in [5.41, 5.74) is -0.137. The lowest BCUT2D eigenvalue weighted by molar-refractivity contribution is -0.137. The van der Waals surface area contributed by atoms with Gasteiger partial charge in [-0.1, -0.05) is 28.9 Å². The van der Waals surface area contributed by atoms with Gasteiger partial charge in [-0.2, -0.15) is 13.2 Å². The summed E-state index contributed by atoms with van der Waals surface area (Å²) in [5.74, 6) is 0.702. The van der Waals surface area contributed by atoms with Gasteiger partial charge in [0, 0.05) is 10.4 Å². The lowest BCUT2D eigenvalue weighted by atomic mass is 9.99. The summed E-state index contributed by atoms with van der Waals surface area (Å²) in [6.07, 6.45) is -2.78. The standard InChI is InChI=1S/C11H9BrF3/c1-3-7(2)9-6-8(11(13,14)15)4-5-10(9)12/h3-6H,1H2,2H3. The molecule has 0 aliphatic carbocycles. The first-order valence-electron chi connectivity index (χ1n) is 4.19. The van der Waals surface area contributed by atoms with E-state index >= 15 is 0 Å². The molecule has 0 amide bonds. The van der Waals surface area contributed by atoms with Crippen molar-refractivity contribution >= 4 is 15.9 Å². The third kappa shape index (κ3) is 2.84. The van der Waals surface area contributed by atoms with Gasteiger partial charge in [0.25, 0.3) is 0 Å². The highest BCUT2D eigenvalue weighted by Crippen LogP contribution is 2.34. The van der Waals surface area contributed by atoms with Crippen LogP contribution in [0.2, 0.25) is 0 Å². The average Bonchev–Trinajstić information content (AvgIpc) is 2.15. The van der Waals surface area contributed by atoms with Gasteiger partial charge in [0.05, 0.1) is 5.56 Å². The largest absolute Gasteiger partial charge is 0.416 e. The van der Waals surface area contributed by atoms with Crippen LogP contribution in [0, 0.1) is 5.92 Å². The van der Waals surface area contributed by atoms with Crippen molar-refractivity contribution in [3.8, 4) is 0 Å².